The van der Waals surface area contributed by atoms with E-state index in [9.17, 15) is 9.59 Å². The number of hydrogen-bond donors (Lipinski definition) is 0. The fraction of sp³-hybridized carbons (Fsp3) is 0.286. The Morgan fingerprint density at radius 3 is 2.58 bits per heavy atom. The van der Waals surface area contributed by atoms with Gasteiger partial charge < -0.3 is 14.4 Å². The highest BCUT2D eigenvalue weighted by Gasteiger charge is 2.34. The maximum atomic E-state index is 12.3. The summed E-state index contributed by atoms with van der Waals surface area (Å²) in [6.07, 6.45) is 0. The predicted octanol–water partition coefficient (Wildman–Crippen LogP) is 1.52. The molecule has 0 saturated heterocycles. The molecule has 2 rings (SSSR count). The number of hydrogen-bond acceptors (Lipinski definition) is 5. The Bertz CT molecular complexity index is 587. The maximum absolute atomic E-state index is 12.3. The second-order valence-electron chi connectivity index (χ2n) is 4.49. The molecular weight excluding hydrogens is 246 g/mol. The highest BCUT2D eigenvalue weighted by atomic mass is 16.5. The summed E-state index contributed by atoms with van der Waals surface area (Å²) in [7, 11) is 4.58. The summed E-state index contributed by atoms with van der Waals surface area (Å²) in [6.45, 7) is 1.89. The molecule has 0 N–H and O–H groups in total. The average molecular weight is 261 g/mol. The van der Waals surface area contributed by atoms with Crippen molar-refractivity contribution in [1.82, 2.24) is 4.90 Å². The molecule has 0 aromatic heterocycles. The van der Waals surface area contributed by atoms with Crippen molar-refractivity contribution in [2.45, 2.75) is 6.92 Å². The summed E-state index contributed by atoms with van der Waals surface area (Å²) >= 11 is 0. The quantitative estimate of drug-likeness (QED) is 0.596. The van der Waals surface area contributed by atoms with Gasteiger partial charge in [0.1, 0.15) is 5.75 Å². The van der Waals surface area contributed by atoms with Gasteiger partial charge in [-0.3, -0.25) is 4.79 Å². The van der Waals surface area contributed by atoms with Gasteiger partial charge in [-0.2, -0.15) is 0 Å². The van der Waals surface area contributed by atoms with Crippen molar-refractivity contribution in [1.29, 1.82) is 0 Å². The van der Waals surface area contributed by atoms with Crippen LogP contribution in [0.15, 0.2) is 29.7 Å². The van der Waals surface area contributed by atoms with Crippen molar-refractivity contribution >= 4 is 11.8 Å². The van der Waals surface area contributed by atoms with Crippen LogP contribution in [0.5, 0.6) is 5.75 Å². The van der Waals surface area contributed by atoms with Crippen LogP contribution in [0.2, 0.25) is 0 Å². The molecule has 5 heteroatoms. The lowest BCUT2D eigenvalue weighted by molar-refractivity contribution is -0.137. The van der Waals surface area contributed by atoms with Crippen molar-refractivity contribution in [3.63, 3.8) is 0 Å². The zero-order valence-corrected chi connectivity index (χ0v) is 11.3. The number of esters is 1. The van der Waals surface area contributed by atoms with E-state index in [0.29, 0.717) is 11.3 Å². The number of rotatable bonds is 2. The number of likely N-dealkylation sites (N-methyl/N-ethyl adjacent to an activating group) is 1. The van der Waals surface area contributed by atoms with Crippen LogP contribution in [0.4, 0.5) is 0 Å². The van der Waals surface area contributed by atoms with Crippen LogP contribution in [-0.4, -0.2) is 37.9 Å². The highest BCUT2D eigenvalue weighted by Crippen LogP contribution is 2.33. The van der Waals surface area contributed by atoms with Crippen molar-refractivity contribution in [3.8, 4) is 5.75 Å². The van der Waals surface area contributed by atoms with E-state index < -0.39 is 5.97 Å². The predicted molar refractivity (Wildman–Crippen MR) is 68.9 cm³/mol. The van der Waals surface area contributed by atoms with Crippen molar-refractivity contribution in [3.05, 3.63) is 40.8 Å². The van der Waals surface area contributed by atoms with E-state index in [2.05, 4.69) is 4.74 Å². The number of fused-ring (bicyclic) bond motifs is 1. The number of ether oxygens (including phenoxy) is 2. The number of Topliss-reactive ketones (excluding diaryl/α,β-unsaturated/α-hetero) is 1. The third-order valence-electron chi connectivity index (χ3n) is 2.84. The van der Waals surface area contributed by atoms with Crippen molar-refractivity contribution < 1.29 is 19.1 Å². The molecule has 0 spiro atoms. The Hall–Kier alpha value is -2.30. The number of methoxy groups -OCH3 is 1. The molecule has 1 aliphatic rings. The Labute approximate surface area is 111 Å². The third kappa shape index (κ3) is 2.19. The lowest BCUT2D eigenvalue weighted by atomic mass is 10.1. The van der Waals surface area contributed by atoms with Gasteiger partial charge in [0.25, 0.3) is 0 Å². The largest absolute Gasteiger partial charge is 0.464 e. The minimum absolute atomic E-state index is 0.0115. The molecule has 1 aromatic rings. The molecular formula is C14H15NO4. The summed E-state index contributed by atoms with van der Waals surface area (Å²) in [5.41, 5.74) is 1.54. The molecule has 0 bridgehead atoms. The monoisotopic (exact) mass is 261 g/mol. The first-order valence-corrected chi connectivity index (χ1v) is 5.78. The molecule has 1 aromatic carbocycles. The van der Waals surface area contributed by atoms with E-state index >= 15 is 0 Å². The van der Waals surface area contributed by atoms with Gasteiger partial charge in [-0.25, -0.2) is 4.79 Å². The first-order valence-electron chi connectivity index (χ1n) is 5.78. The van der Waals surface area contributed by atoms with E-state index in [1.54, 1.807) is 26.2 Å². The molecule has 0 saturated carbocycles. The molecule has 0 amide bonds. The minimum atomic E-state index is -0.599. The number of carbonyl (C=O) groups is 2. The van der Waals surface area contributed by atoms with E-state index in [1.165, 1.54) is 12.0 Å². The van der Waals surface area contributed by atoms with Gasteiger partial charge in [-0.15, -0.1) is 0 Å². The summed E-state index contributed by atoms with van der Waals surface area (Å²) < 4.78 is 10.2. The molecule has 100 valence electrons. The van der Waals surface area contributed by atoms with Gasteiger partial charge in [-0.1, -0.05) is 11.6 Å². The Kier molecular flexibility index (Phi) is 3.29. The summed E-state index contributed by atoms with van der Waals surface area (Å²) in [6, 6.07) is 5.32. The number of aryl methyl sites for hydroxylation is 1. The zero-order valence-electron chi connectivity index (χ0n) is 11.3. The van der Waals surface area contributed by atoms with Gasteiger partial charge in [0.05, 0.1) is 12.7 Å². The summed E-state index contributed by atoms with van der Waals surface area (Å²) in [5.74, 6) is -0.419. The third-order valence-corrected chi connectivity index (χ3v) is 2.84. The summed E-state index contributed by atoms with van der Waals surface area (Å²) in [5, 5.41) is 0. The van der Waals surface area contributed by atoms with Gasteiger partial charge in [0.2, 0.25) is 11.5 Å². The SMILES string of the molecule is COC(=O)C(=C1Oc2ccc(C)cc2C1=O)N(C)C. The number of allylic oxidation sites excluding steroid dienone is 1. The fourth-order valence-corrected chi connectivity index (χ4v) is 1.92. The second kappa shape index (κ2) is 4.76. The number of ketones is 1. The standard InChI is InChI=1S/C14H15NO4/c1-8-5-6-10-9(7-8)12(16)13(19-10)11(15(2)3)14(17)18-4/h5-7H,1-4H3. The van der Waals surface area contributed by atoms with Crippen molar-refractivity contribution in [2.75, 3.05) is 21.2 Å². The van der Waals surface area contributed by atoms with Crippen LogP contribution in [0.3, 0.4) is 0 Å². The van der Waals surface area contributed by atoms with Crippen LogP contribution in [0.1, 0.15) is 15.9 Å². The van der Waals surface area contributed by atoms with E-state index in [1.807, 2.05) is 13.0 Å². The smallest absolute Gasteiger partial charge is 0.358 e. The Morgan fingerprint density at radius 2 is 2.00 bits per heavy atom. The van der Waals surface area contributed by atoms with Gasteiger partial charge in [0.15, 0.2) is 5.70 Å². The Balaban J connectivity index is 2.55. The normalized spacial score (nSPS) is 15.7. The van der Waals surface area contributed by atoms with Gasteiger partial charge in [-0.05, 0) is 19.1 Å². The van der Waals surface area contributed by atoms with Crippen molar-refractivity contribution in [2.24, 2.45) is 0 Å². The number of nitrogens with zero attached hydrogens (tertiary/aromatic N) is 1. The molecule has 0 aliphatic carbocycles. The lowest BCUT2D eigenvalue weighted by Gasteiger charge is -2.16. The fourth-order valence-electron chi connectivity index (χ4n) is 1.92. The molecule has 0 fully saturated rings. The average Bonchev–Trinajstić information content (AvgIpc) is 2.67. The molecule has 0 unspecified atom stereocenters. The lowest BCUT2D eigenvalue weighted by Crippen LogP contribution is -2.25. The van der Waals surface area contributed by atoms with Crippen LogP contribution in [0, 0.1) is 6.92 Å². The Morgan fingerprint density at radius 1 is 1.32 bits per heavy atom. The van der Waals surface area contributed by atoms with Gasteiger partial charge in [0, 0.05) is 14.1 Å². The molecule has 19 heavy (non-hydrogen) atoms. The second-order valence-corrected chi connectivity index (χ2v) is 4.49. The minimum Gasteiger partial charge on any atom is -0.464 e. The topological polar surface area (TPSA) is 55.8 Å². The zero-order chi connectivity index (χ0) is 14.2. The van der Waals surface area contributed by atoms with Gasteiger partial charge >= 0.3 is 5.97 Å². The maximum Gasteiger partial charge on any atom is 0.358 e. The molecule has 1 aliphatic heterocycles. The van der Waals surface area contributed by atoms with E-state index in [-0.39, 0.29) is 17.2 Å². The molecule has 0 atom stereocenters. The van der Waals surface area contributed by atoms with Crippen LogP contribution < -0.4 is 4.74 Å². The van der Waals surface area contributed by atoms with Crippen LogP contribution >= 0.6 is 0 Å². The molecule has 1 heterocycles. The van der Waals surface area contributed by atoms with Crippen LogP contribution in [0.25, 0.3) is 0 Å². The number of carbonyl (C=O) groups excluding carboxylic acids is 2. The van der Waals surface area contributed by atoms with E-state index in [0.717, 1.165) is 5.56 Å². The van der Waals surface area contributed by atoms with Crippen LogP contribution in [-0.2, 0) is 9.53 Å². The number of benzene rings is 1. The first kappa shape index (κ1) is 13.1. The highest BCUT2D eigenvalue weighted by molar-refractivity contribution is 6.15. The molecule has 0 radical (unpaired) electrons. The summed E-state index contributed by atoms with van der Waals surface area (Å²) in [4.78, 5) is 25.6. The first-order chi connectivity index (χ1) is 8.95. The van der Waals surface area contributed by atoms with E-state index in [4.69, 9.17) is 4.74 Å². The molecule has 5 nitrogen and oxygen atoms in total.